The summed E-state index contributed by atoms with van der Waals surface area (Å²) in [5.74, 6) is 0.815. The van der Waals surface area contributed by atoms with E-state index < -0.39 is 0 Å². The van der Waals surface area contributed by atoms with Gasteiger partial charge in [-0.1, -0.05) is 24.3 Å². The second-order valence-electron chi connectivity index (χ2n) is 10.5. The van der Waals surface area contributed by atoms with Crippen LogP contribution in [0.3, 0.4) is 0 Å². The highest BCUT2D eigenvalue weighted by atomic mass is 16.5. The number of aryl methyl sites for hydroxylation is 4. The number of benzene rings is 2. The molecule has 1 aliphatic rings. The van der Waals surface area contributed by atoms with Gasteiger partial charge in [0, 0.05) is 54.8 Å². The fourth-order valence-corrected chi connectivity index (χ4v) is 5.25. The number of aromatic nitrogens is 6. The molecular formula is C31H32N8O2. The molecule has 41 heavy (non-hydrogen) atoms. The maximum absolute atomic E-state index is 12.5. The lowest BCUT2D eigenvalue weighted by atomic mass is 9.91. The van der Waals surface area contributed by atoms with E-state index in [0.29, 0.717) is 22.9 Å². The lowest BCUT2D eigenvalue weighted by Gasteiger charge is -2.18. The number of nitrogens with zero attached hydrogens (tertiary/aromatic N) is 6. The summed E-state index contributed by atoms with van der Waals surface area (Å²) >= 11 is 0. The van der Waals surface area contributed by atoms with E-state index in [9.17, 15) is 4.79 Å². The predicted octanol–water partition coefficient (Wildman–Crippen LogP) is 4.93. The molecule has 1 aliphatic carbocycles. The van der Waals surface area contributed by atoms with Crippen molar-refractivity contribution in [2.24, 2.45) is 14.1 Å². The first-order valence-corrected chi connectivity index (χ1v) is 13.6. The van der Waals surface area contributed by atoms with Gasteiger partial charge in [-0.2, -0.15) is 10.2 Å². The van der Waals surface area contributed by atoms with Crippen molar-refractivity contribution in [2.75, 3.05) is 12.4 Å². The number of ether oxygens (including phenoxy) is 1. The van der Waals surface area contributed by atoms with Gasteiger partial charge in [0.05, 0.1) is 36.1 Å². The molecule has 10 heteroatoms. The van der Waals surface area contributed by atoms with Crippen LogP contribution in [0.1, 0.15) is 35.5 Å². The van der Waals surface area contributed by atoms with Crippen molar-refractivity contribution in [1.29, 1.82) is 0 Å². The molecule has 1 amide bonds. The summed E-state index contributed by atoms with van der Waals surface area (Å²) in [6.45, 7) is 3.85. The number of fused-ring (bicyclic) bond motifs is 3. The zero-order valence-electron chi connectivity index (χ0n) is 23.8. The van der Waals surface area contributed by atoms with Crippen LogP contribution in [0.15, 0.2) is 61.1 Å². The monoisotopic (exact) mass is 548 g/mol. The first-order valence-electron chi connectivity index (χ1n) is 13.6. The first kappa shape index (κ1) is 26.2. The number of carbonyl (C=O) groups is 1. The van der Waals surface area contributed by atoms with Crippen molar-refractivity contribution in [3.8, 4) is 39.4 Å². The molecule has 0 spiro atoms. The van der Waals surface area contributed by atoms with E-state index in [-0.39, 0.29) is 11.9 Å². The van der Waals surface area contributed by atoms with Gasteiger partial charge in [-0.25, -0.2) is 9.97 Å². The Morgan fingerprint density at radius 2 is 1.78 bits per heavy atom. The number of carbonyl (C=O) groups excluding carboxylic acids is 1. The number of amides is 1. The van der Waals surface area contributed by atoms with Crippen LogP contribution in [0.4, 0.5) is 11.6 Å². The average Bonchev–Trinajstić information content (AvgIpc) is 3.55. The first-order chi connectivity index (χ1) is 19.8. The van der Waals surface area contributed by atoms with E-state index in [0.717, 1.165) is 57.7 Å². The molecule has 0 bridgehead atoms. The van der Waals surface area contributed by atoms with Crippen LogP contribution < -0.4 is 15.4 Å². The molecule has 10 nitrogen and oxygen atoms in total. The summed E-state index contributed by atoms with van der Waals surface area (Å²) in [6.07, 6.45) is 7.40. The fourth-order valence-electron chi connectivity index (χ4n) is 5.25. The molecule has 5 aromatic rings. The molecular weight excluding hydrogens is 516 g/mol. The Labute approximate surface area is 238 Å². The highest BCUT2D eigenvalue weighted by Gasteiger charge is 2.27. The minimum absolute atomic E-state index is 0.0385. The van der Waals surface area contributed by atoms with Gasteiger partial charge in [0.2, 0.25) is 5.95 Å². The summed E-state index contributed by atoms with van der Waals surface area (Å²) in [6, 6.07) is 13.8. The van der Waals surface area contributed by atoms with Crippen LogP contribution in [-0.4, -0.2) is 48.6 Å². The van der Waals surface area contributed by atoms with E-state index in [2.05, 4.69) is 45.0 Å². The molecule has 2 N–H and O–H groups in total. The summed E-state index contributed by atoms with van der Waals surface area (Å²) in [4.78, 5) is 22.1. The van der Waals surface area contributed by atoms with Crippen molar-refractivity contribution in [1.82, 2.24) is 34.8 Å². The molecule has 0 fully saturated rings. The summed E-state index contributed by atoms with van der Waals surface area (Å²) < 4.78 is 9.33. The molecule has 0 radical (unpaired) electrons. The third-order valence-corrected chi connectivity index (χ3v) is 7.18. The van der Waals surface area contributed by atoms with E-state index in [4.69, 9.17) is 14.8 Å². The van der Waals surface area contributed by atoms with E-state index in [1.54, 1.807) is 23.9 Å². The standard InChI is InChI=1S/C31H32N8O2/c1-18(2)34-30(40)21-10-12-24(26(14-21)41-5)35-31-32-15-22-11-13-25-27(28(22)36-31)29(39(4)37-25)20-8-6-19(7-9-20)23-16-33-38(3)17-23/h6-10,12,14-18H,11,13H2,1-5H3,(H,34,40)(H,32,35,36). The van der Waals surface area contributed by atoms with Gasteiger partial charge in [-0.3, -0.25) is 14.2 Å². The Morgan fingerprint density at radius 1 is 1.00 bits per heavy atom. The summed E-state index contributed by atoms with van der Waals surface area (Å²) in [7, 11) is 5.47. The van der Waals surface area contributed by atoms with E-state index >= 15 is 0 Å². The Kier molecular flexibility index (Phi) is 6.74. The van der Waals surface area contributed by atoms with E-state index in [1.807, 2.05) is 57.3 Å². The van der Waals surface area contributed by atoms with Crippen LogP contribution in [-0.2, 0) is 26.9 Å². The van der Waals surface area contributed by atoms with E-state index in [1.165, 1.54) is 0 Å². The number of rotatable bonds is 7. The third-order valence-electron chi connectivity index (χ3n) is 7.18. The summed E-state index contributed by atoms with van der Waals surface area (Å²) in [5, 5.41) is 15.3. The van der Waals surface area contributed by atoms with Crippen molar-refractivity contribution in [2.45, 2.75) is 32.7 Å². The molecule has 0 saturated carbocycles. The van der Waals surface area contributed by atoms with Crippen molar-refractivity contribution in [3.63, 3.8) is 0 Å². The number of hydrogen-bond acceptors (Lipinski definition) is 7. The van der Waals surface area contributed by atoms with Crippen LogP contribution in [0, 0.1) is 0 Å². The second-order valence-corrected chi connectivity index (χ2v) is 10.5. The topological polar surface area (TPSA) is 112 Å². The fraction of sp³-hybridized carbons (Fsp3) is 0.258. The third kappa shape index (κ3) is 5.04. The van der Waals surface area contributed by atoms with Gasteiger partial charge in [0.15, 0.2) is 0 Å². The highest BCUT2D eigenvalue weighted by Crippen LogP contribution is 2.40. The maximum Gasteiger partial charge on any atom is 0.251 e. The molecule has 0 saturated heterocycles. The molecule has 208 valence electrons. The van der Waals surface area contributed by atoms with Gasteiger partial charge < -0.3 is 15.4 Å². The SMILES string of the molecule is COc1cc(C(=O)NC(C)C)ccc1Nc1ncc2c(n1)-c1c(nn(C)c1-c1ccc(-c3cnn(C)c3)cc1)CC2. The van der Waals surface area contributed by atoms with Gasteiger partial charge in [-0.15, -0.1) is 0 Å². The molecule has 0 aliphatic heterocycles. The van der Waals surface area contributed by atoms with Gasteiger partial charge >= 0.3 is 0 Å². The van der Waals surface area contributed by atoms with Gasteiger partial charge in [0.25, 0.3) is 5.91 Å². The largest absolute Gasteiger partial charge is 0.495 e. The second kappa shape index (κ2) is 10.5. The van der Waals surface area contributed by atoms with Crippen LogP contribution in [0.2, 0.25) is 0 Å². The Balaban J connectivity index is 1.34. The normalized spacial score (nSPS) is 12.1. The zero-order chi connectivity index (χ0) is 28.7. The predicted molar refractivity (Wildman–Crippen MR) is 158 cm³/mol. The number of anilines is 2. The van der Waals surface area contributed by atoms with Crippen molar-refractivity contribution in [3.05, 3.63) is 77.9 Å². The smallest absolute Gasteiger partial charge is 0.251 e. The van der Waals surface area contributed by atoms with Crippen molar-refractivity contribution >= 4 is 17.5 Å². The number of methoxy groups -OCH3 is 1. The van der Waals surface area contributed by atoms with Crippen LogP contribution in [0.25, 0.3) is 33.6 Å². The lowest BCUT2D eigenvalue weighted by molar-refractivity contribution is 0.0943. The maximum atomic E-state index is 12.5. The van der Waals surface area contributed by atoms with Gasteiger partial charge in [-0.05, 0) is 56.0 Å². The average molecular weight is 549 g/mol. The Hall–Kier alpha value is -4.99. The number of hydrogen-bond donors (Lipinski definition) is 2. The van der Waals surface area contributed by atoms with Crippen LogP contribution >= 0.6 is 0 Å². The van der Waals surface area contributed by atoms with Gasteiger partial charge in [0.1, 0.15) is 5.75 Å². The zero-order valence-corrected chi connectivity index (χ0v) is 23.8. The molecule has 3 aromatic heterocycles. The van der Waals surface area contributed by atoms with Crippen molar-refractivity contribution < 1.29 is 9.53 Å². The minimum atomic E-state index is -0.153. The minimum Gasteiger partial charge on any atom is -0.495 e. The molecule has 0 unspecified atom stereocenters. The molecule has 0 atom stereocenters. The molecule has 6 rings (SSSR count). The highest BCUT2D eigenvalue weighted by molar-refractivity contribution is 5.95. The Morgan fingerprint density at radius 3 is 2.49 bits per heavy atom. The van der Waals surface area contributed by atoms with Crippen LogP contribution in [0.5, 0.6) is 5.75 Å². The quantitative estimate of drug-likeness (QED) is 0.297. The summed E-state index contributed by atoms with van der Waals surface area (Å²) in [5.41, 5.74) is 9.45. The molecule has 2 aromatic carbocycles. The number of nitrogens with one attached hydrogen (secondary N) is 2. The lowest BCUT2D eigenvalue weighted by Crippen LogP contribution is -2.30. The Bertz CT molecular complexity index is 1750. The molecule has 3 heterocycles.